The molecule has 0 bridgehead atoms. The predicted molar refractivity (Wildman–Crippen MR) is 175 cm³/mol. The summed E-state index contributed by atoms with van der Waals surface area (Å²) in [6.45, 7) is 4.03. The molecule has 0 saturated carbocycles. The minimum absolute atomic E-state index is 0.00591. The number of benzene rings is 4. The number of amides is 1. The van der Waals surface area contributed by atoms with E-state index in [1.54, 1.807) is 42.6 Å². The molecule has 1 saturated heterocycles. The van der Waals surface area contributed by atoms with Crippen molar-refractivity contribution in [3.63, 3.8) is 0 Å². The SMILES string of the molecule is CN1CCN(c2ccc(NC=C3C(=O)Nc4cc(C(=O)c5cccc(NS(=O)(=O)c6ccc(C#N)cc6)c5)ccc43)cc2)CC1. The first kappa shape index (κ1) is 29.6. The molecule has 0 aromatic heterocycles. The van der Waals surface area contributed by atoms with Crippen LogP contribution in [0.3, 0.4) is 0 Å². The van der Waals surface area contributed by atoms with Gasteiger partial charge >= 0.3 is 0 Å². The van der Waals surface area contributed by atoms with Gasteiger partial charge in [-0.25, -0.2) is 8.42 Å². The van der Waals surface area contributed by atoms with Crippen molar-refractivity contribution in [3.05, 3.63) is 119 Å². The van der Waals surface area contributed by atoms with Gasteiger partial charge in [-0.1, -0.05) is 24.3 Å². The van der Waals surface area contributed by atoms with Gasteiger partial charge in [0.05, 0.1) is 22.1 Å². The Hall–Kier alpha value is -5.44. The molecule has 6 rings (SSSR count). The molecule has 0 radical (unpaired) electrons. The third-order valence-corrected chi connectivity index (χ3v) is 9.25. The highest BCUT2D eigenvalue weighted by atomic mass is 32.2. The fourth-order valence-electron chi connectivity index (χ4n) is 5.28. The number of anilines is 4. The molecule has 0 aliphatic carbocycles. The van der Waals surface area contributed by atoms with Gasteiger partial charge in [0.25, 0.3) is 15.9 Å². The van der Waals surface area contributed by atoms with Crippen molar-refractivity contribution in [3.8, 4) is 6.07 Å². The van der Waals surface area contributed by atoms with Crippen LogP contribution >= 0.6 is 0 Å². The van der Waals surface area contributed by atoms with E-state index < -0.39 is 10.0 Å². The molecule has 4 aromatic carbocycles. The molecule has 226 valence electrons. The molecule has 11 heteroatoms. The largest absolute Gasteiger partial charge is 0.369 e. The minimum atomic E-state index is -3.93. The third-order valence-electron chi connectivity index (χ3n) is 7.85. The quantitative estimate of drug-likeness (QED) is 0.190. The number of carbonyl (C=O) groups is 2. The number of nitrogens with zero attached hydrogens (tertiary/aromatic N) is 3. The van der Waals surface area contributed by atoms with Gasteiger partial charge in [0.2, 0.25) is 0 Å². The lowest BCUT2D eigenvalue weighted by molar-refractivity contribution is -0.110. The Balaban J connectivity index is 1.15. The van der Waals surface area contributed by atoms with Crippen molar-refractivity contribution in [1.29, 1.82) is 5.26 Å². The maximum Gasteiger partial charge on any atom is 0.261 e. The third kappa shape index (κ3) is 6.43. The van der Waals surface area contributed by atoms with Crippen LogP contribution in [0.1, 0.15) is 27.0 Å². The summed E-state index contributed by atoms with van der Waals surface area (Å²) in [5.74, 6) is -0.613. The van der Waals surface area contributed by atoms with Crippen LogP contribution in [-0.4, -0.2) is 58.2 Å². The van der Waals surface area contributed by atoms with Crippen LogP contribution < -0.4 is 20.3 Å². The van der Waals surface area contributed by atoms with Crippen LogP contribution in [0.25, 0.3) is 5.57 Å². The van der Waals surface area contributed by atoms with E-state index in [2.05, 4.69) is 44.3 Å². The van der Waals surface area contributed by atoms with E-state index in [-0.39, 0.29) is 27.8 Å². The Bertz CT molecular complexity index is 1960. The normalized spacial score (nSPS) is 15.7. The molecule has 3 N–H and O–H groups in total. The Labute approximate surface area is 261 Å². The molecule has 4 aromatic rings. The number of fused-ring (bicyclic) bond motifs is 1. The van der Waals surface area contributed by atoms with Crippen LogP contribution in [0, 0.1) is 11.3 Å². The smallest absolute Gasteiger partial charge is 0.261 e. The molecular weight excluding hydrogens is 588 g/mol. The van der Waals surface area contributed by atoms with Gasteiger partial charge in [-0.2, -0.15) is 5.26 Å². The predicted octanol–water partition coefficient (Wildman–Crippen LogP) is 4.75. The lowest BCUT2D eigenvalue weighted by Crippen LogP contribution is -2.44. The molecule has 1 amide bonds. The summed E-state index contributed by atoms with van der Waals surface area (Å²) in [6.07, 6.45) is 1.66. The summed E-state index contributed by atoms with van der Waals surface area (Å²) in [5, 5.41) is 15.0. The number of sulfonamides is 1. The van der Waals surface area contributed by atoms with Gasteiger partial charge < -0.3 is 20.4 Å². The van der Waals surface area contributed by atoms with E-state index in [0.717, 1.165) is 37.6 Å². The maximum absolute atomic E-state index is 13.4. The van der Waals surface area contributed by atoms with E-state index in [1.807, 2.05) is 18.2 Å². The molecule has 0 unspecified atom stereocenters. The molecule has 45 heavy (non-hydrogen) atoms. The van der Waals surface area contributed by atoms with E-state index in [9.17, 15) is 18.0 Å². The van der Waals surface area contributed by atoms with E-state index in [0.29, 0.717) is 28.0 Å². The van der Waals surface area contributed by atoms with Gasteiger partial charge in [0, 0.05) is 71.8 Å². The summed E-state index contributed by atoms with van der Waals surface area (Å²) < 4.78 is 28.2. The number of piperazine rings is 1. The number of hydrogen-bond donors (Lipinski definition) is 3. The lowest BCUT2D eigenvalue weighted by Gasteiger charge is -2.34. The van der Waals surface area contributed by atoms with Gasteiger partial charge in [-0.3, -0.25) is 14.3 Å². The molecule has 2 aliphatic heterocycles. The lowest BCUT2D eigenvalue weighted by atomic mass is 9.99. The first-order valence-corrected chi connectivity index (χ1v) is 15.8. The topological polar surface area (TPSA) is 135 Å². The fourth-order valence-corrected chi connectivity index (χ4v) is 6.33. The molecule has 0 atom stereocenters. The Morgan fingerprint density at radius 3 is 2.31 bits per heavy atom. The highest BCUT2D eigenvalue weighted by Crippen LogP contribution is 2.33. The van der Waals surface area contributed by atoms with Gasteiger partial charge in [-0.05, 0) is 73.8 Å². The zero-order valence-electron chi connectivity index (χ0n) is 24.4. The van der Waals surface area contributed by atoms with Gasteiger partial charge in [0.1, 0.15) is 0 Å². The Morgan fingerprint density at radius 2 is 1.60 bits per heavy atom. The van der Waals surface area contributed by atoms with Crippen LogP contribution in [0.15, 0.2) is 102 Å². The van der Waals surface area contributed by atoms with Crippen molar-refractivity contribution >= 4 is 50.0 Å². The second-order valence-corrected chi connectivity index (χ2v) is 12.6. The minimum Gasteiger partial charge on any atom is -0.369 e. The fraction of sp³-hybridized carbons (Fsp3) is 0.147. The second-order valence-electron chi connectivity index (χ2n) is 10.9. The molecule has 2 heterocycles. The summed E-state index contributed by atoms with van der Waals surface area (Å²) in [6, 6.07) is 26.8. The van der Waals surface area contributed by atoms with E-state index in [1.165, 1.54) is 30.3 Å². The second kappa shape index (κ2) is 12.3. The van der Waals surface area contributed by atoms with Crippen LogP contribution in [0.5, 0.6) is 0 Å². The maximum atomic E-state index is 13.4. The van der Waals surface area contributed by atoms with Crippen LogP contribution in [0.2, 0.25) is 0 Å². The van der Waals surface area contributed by atoms with Crippen molar-refractivity contribution in [2.24, 2.45) is 0 Å². The highest BCUT2D eigenvalue weighted by molar-refractivity contribution is 7.92. The first-order chi connectivity index (χ1) is 21.7. The Morgan fingerprint density at radius 1 is 0.889 bits per heavy atom. The number of carbonyl (C=O) groups excluding carboxylic acids is 2. The number of ketones is 1. The first-order valence-electron chi connectivity index (χ1n) is 14.3. The van der Waals surface area contributed by atoms with Crippen molar-refractivity contribution in [2.75, 3.05) is 53.5 Å². The molecule has 0 spiro atoms. The Kier molecular flexibility index (Phi) is 8.08. The molecule has 10 nitrogen and oxygen atoms in total. The summed E-state index contributed by atoms with van der Waals surface area (Å²) in [7, 11) is -1.81. The zero-order chi connectivity index (χ0) is 31.6. The summed E-state index contributed by atoms with van der Waals surface area (Å²) in [4.78, 5) is 30.9. The molecule has 1 fully saturated rings. The average molecular weight is 619 g/mol. The number of hydrogen-bond acceptors (Lipinski definition) is 8. The highest BCUT2D eigenvalue weighted by Gasteiger charge is 2.26. The summed E-state index contributed by atoms with van der Waals surface area (Å²) in [5.41, 5.74) is 4.83. The number of rotatable bonds is 8. The van der Waals surface area contributed by atoms with Crippen LogP contribution in [-0.2, 0) is 14.8 Å². The van der Waals surface area contributed by atoms with E-state index >= 15 is 0 Å². The van der Waals surface area contributed by atoms with E-state index in [4.69, 9.17) is 5.26 Å². The molecular formula is C34H30N6O4S. The standard InChI is InChI=1S/C34H30N6O4S/c1-39-15-17-40(18-16-39)28-10-8-26(9-11-28)36-22-31-30-14-7-25(20-32(30)37-34(31)42)33(41)24-3-2-4-27(19-24)38-45(43,44)29-12-5-23(21-35)6-13-29/h2-14,19-20,22,36,38H,15-18H2,1H3,(H,37,42). The van der Waals surface area contributed by atoms with Crippen molar-refractivity contribution in [2.45, 2.75) is 4.90 Å². The van der Waals surface area contributed by atoms with Crippen molar-refractivity contribution < 1.29 is 18.0 Å². The number of nitrogens with one attached hydrogen (secondary N) is 3. The van der Waals surface area contributed by atoms with Gasteiger partial charge in [-0.15, -0.1) is 0 Å². The average Bonchev–Trinajstić information content (AvgIpc) is 3.37. The monoisotopic (exact) mass is 618 g/mol. The van der Waals surface area contributed by atoms with Crippen LogP contribution in [0.4, 0.5) is 22.7 Å². The number of likely N-dealkylation sites (N-methyl/N-ethyl adjacent to an activating group) is 1. The zero-order valence-corrected chi connectivity index (χ0v) is 25.3. The van der Waals surface area contributed by atoms with Gasteiger partial charge in [0.15, 0.2) is 5.78 Å². The summed E-state index contributed by atoms with van der Waals surface area (Å²) >= 11 is 0. The number of nitriles is 1. The van der Waals surface area contributed by atoms with Crippen molar-refractivity contribution in [1.82, 2.24) is 4.90 Å². The molecule has 2 aliphatic rings.